The third kappa shape index (κ3) is 3.11. The number of aryl methyl sites for hydroxylation is 2. The number of hydrogen-bond acceptors (Lipinski definition) is 2. The molecule has 1 fully saturated rings. The normalized spacial score (nSPS) is 16.1. The summed E-state index contributed by atoms with van der Waals surface area (Å²) in [5, 5.41) is 0. The molecule has 2 rings (SSSR count). The summed E-state index contributed by atoms with van der Waals surface area (Å²) >= 11 is 0. The first-order valence-corrected chi connectivity index (χ1v) is 6.68. The average molecular weight is 257 g/mol. The van der Waals surface area contributed by atoms with Crippen molar-refractivity contribution in [1.29, 1.82) is 0 Å². The molecule has 0 saturated carbocycles. The second-order valence-corrected chi connectivity index (χ2v) is 4.98. The smallest absolute Gasteiger partial charge is 0.253 e. The summed E-state index contributed by atoms with van der Waals surface area (Å²) in [7, 11) is 0. The van der Waals surface area contributed by atoms with E-state index in [1.54, 1.807) is 0 Å². The molecule has 0 radical (unpaired) electrons. The molecular weight excluding hydrogens is 238 g/mol. The zero-order valence-corrected chi connectivity index (χ0v) is 11.5. The Morgan fingerprint density at radius 3 is 2.53 bits per heavy atom. The van der Waals surface area contributed by atoms with Crippen molar-refractivity contribution in [3.8, 4) is 0 Å². The highest BCUT2D eigenvalue weighted by Crippen LogP contribution is 2.16. The van der Waals surface area contributed by atoms with E-state index in [0.29, 0.717) is 13.0 Å². The lowest BCUT2D eigenvalue weighted by Crippen LogP contribution is -2.39. The molecular formula is C16H19NO2. The number of rotatable bonds is 2. The van der Waals surface area contributed by atoms with Gasteiger partial charge in [0.25, 0.3) is 5.91 Å². The summed E-state index contributed by atoms with van der Waals surface area (Å²) in [6.45, 7) is 4.58. The van der Waals surface area contributed by atoms with Crippen LogP contribution in [0.3, 0.4) is 0 Å². The summed E-state index contributed by atoms with van der Waals surface area (Å²) in [6.07, 6.45) is 5.62. The van der Waals surface area contributed by atoms with Gasteiger partial charge in [0.1, 0.15) is 0 Å². The van der Waals surface area contributed by atoms with Gasteiger partial charge in [-0.2, -0.15) is 0 Å². The van der Waals surface area contributed by atoms with Gasteiger partial charge in [-0.25, -0.2) is 0 Å². The molecule has 3 heteroatoms. The summed E-state index contributed by atoms with van der Waals surface area (Å²) in [4.78, 5) is 25.0. The third-order valence-corrected chi connectivity index (χ3v) is 3.52. The minimum absolute atomic E-state index is 0.0533. The fourth-order valence-corrected chi connectivity index (χ4v) is 2.37. The quantitative estimate of drug-likeness (QED) is 0.764. The van der Waals surface area contributed by atoms with Crippen molar-refractivity contribution in [2.24, 2.45) is 0 Å². The van der Waals surface area contributed by atoms with Crippen LogP contribution in [-0.2, 0) is 9.59 Å². The van der Waals surface area contributed by atoms with Crippen LogP contribution in [0, 0.1) is 13.8 Å². The van der Waals surface area contributed by atoms with E-state index in [-0.39, 0.29) is 11.8 Å². The van der Waals surface area contributed by atoms with Gasteiger partial charge in [0.2, 0.25) is 5.91 Å². The maximum absolute atomic E-state index is 12.0. The van der Waals surface area contributed by atoms with Gasteiger partial charge in [-0.15, -0.1) is 0 Å². The molecule has 3 nitrogen and oxygen atoms in total. The number of carbonyl (C=O) groups is 2. The number of benzene rings is 1. The minimum atomic E-state index is -0.202. The molecule has 1 aromatic carbocycles. The Morgan fingerprint density at radius 1 is 1.21 bits per heavy atom. The van der Waals surface area contributed by atoms with E-state index in [4.69, 9.17) is 0 Å². The Balaban J connectivity index is 2.14. The highest BCUT2D eigenvalue weighted by Gasteiger charge is 2.22. The van der Waals surface area contributed by atoms with Crippen LogP contribution in [0.4, 0.5) is 0 Å². The Morgan fingerprint density at radius 2 is 1.89 bits per heavy atom. The van der Waals surface area contributed by atoms with E-state index in [1.807, 2.05) is 38.1 Å². The highest BCUT2D eigenvalue weighted by molar-refractivity contribution is 6.03. The molecule has 0 aliphatic carbocycles. The standard InChI is InChI=1S/C16H19NO2/c1-12-6-5-7-13(2)14(12)9-10-16(19)17-11-4-3-8-15(17)18/h5-7,9-10H,3-4,8,11H2,1-2H3. The zero-order valence-electron chi connectivity index (χ0n) is 11.5. The predicted molar refractivity (Wildman–Crippen MR) is 75.5 cm³/mol. The molecule has 1 aromatic rings. The highest BCUT2D eigenvalue weighted by atomic mass is 16.2. The first kappa shape index (κ1) is 13.5. The maximum atomic E-state index is 12.0. The van der Waals surface area contributed by atoms with Gasteiger partial charge in [0.05, 0.1) is 0 Å². The third-order valence-electron chi connectivity index (χ3n) is 3.52. The number of amides is 2. The van der Waals surface area contributed by atoms with Crippen molar-refractivity contribution in [1.82, 2.24) is 4.90 Å². The van der Waals surface area contributed by atoms with Crippen LogP contribution in [0.15, 0.2) is 24.3 Å². The molecule has 19 heavy (non-hydrogen) atoms. The Labute approximate surface area is 113 Å². The maximum Gasteiger partial charge on any atom is 0.253 e. The van der Waals surface area contributed by atoms with Crippen molar-refractivity contribution >= 4 is 17.9 Å². The largest absolute Gasteiger partial charge is 0.279 e. The van der Waals surface area contributed by atoms with Crippen LogP contribution in [0.2, 0.25) is 0 Å². The van der Waals surface area contributed by atoms with E-state index in [0.717, 1.165) is 29.5 Å². The van der Waals surface area contributed by atoms with Crippen LogP contribution >= 0.6 is 0 Å². The van der Waals surface area contributed by atoms with Gasteiger partial charge < -0.3 is 0 Å². The fourth-order valence-electron chi connectivity index (χ4n) is 2.37. The number of likely N-dealkylation sites (tertiary alicyclic amines) is 1. The number of nitrogens with zero attached hydrogens (tertiary/aromatic N) is 1. The van der Waals surface area contributed by atoms with Crippen molar-refractivity contribution in [3.05, 3.63) is 41.0 Å². The number of carbonyl (C=O) groups excluding carboxylic acids is 2. The fraction of sp³-hybridized carbons (Fsp3) is 0.375. The molecule has 1 aliphatic rings. The first-order chi connectivity index (χ1) is 9.09. The number of hydrogen-bond donors (Lipinski definition) is 0. The second-order valence-electron chi connectivity index (χ2n) is 4.98. The lowest BCUT2D eigenvalue weighted by molar-refractivity contribution is -0.143. The molecule has 0 atom stereocenters. The summed E-state index contributed by atoms with van der Waals surface area (Å²) in [5.41, 5.74) is 3.32. The van der Waals surface area contributed by atoms with Gasteiger partial charge in [-0.05, 0) is 49.5 Å². The molecule has 0 unspecified atom stereocenters. The first-order valence-electron chi connectivity index (χ1n) is 6.68. The van der Waals surface area contributed by atoms with Crippen molar-refractivity contribution < 1.29 is 9.59 Å². The van der Waals surface area contributed by atoms with E-state index in [9.17, 15) is 9.59 Å². The average Bonchev–Trinajstić information content (AvgIpc) is 2.38. The SMILES string of the molecule is Cc1cccc(C)c1C=CC(=O)N1CCCCC1=O. The summed E-state index contributed by atoms with van der Waals surface area (Å²) < 4.78 is 0. The monoisotopic (exact) mass is 257 g/mol. The number of imide groups is 1. The van der Waals surface area contributed by atoms with Crippen LogP contribution < -0.4 is 0 Å². The molecule has 2 amide bonds. The van der Waals surface area contributed by atoms with Crippen molar-refractivity contribution in [2.45, 2.75) is 33.1 Å². The lowest BCUT2D eigenvalue weighted by Gasteiger charge is -2.23. The molecule has 1 saturated heterocycles. The van der Waals surface area contributed by atoms with Gasteiger partial charge in [-0.1, -0.05) is 18.2 Å². The van der Waals surface area contributed by atoms with Gasteiger partial charge in [0.15, 0.2) is 0 Å². The molecule has 0 N–H and O–H groups in total. The van der Waals surface area contributed by atoms with Crippen LogP contribution in [0.25, 0.3) is 6.08 Å². The molecule has 0 spiro atoms. The minimum Gasteiger partial charge on any atom is -0.279 e. The summed E-state index contributed by atoms with van der Waals surface area (Å²) in [5.74, 6) is -0.255. The van der Waals surface area contributed by atoms with E-state index in [2.05, 4.69) is 0 Å². The van der Waals surface area contributed by atoms with Gasteiger partial charge >= 0.3 is 0 Å². The Kier molecular flexibility index (Phi) is 4.15. The zero-order chi connectivity index (χ0) is 13.8. The van der Waals surface area contributed by atoms with E-state index >= 15 is 0 Å². The van der Waals surface area contributed by atoms with Crippen LogP contribution in [-0.4, -0.2) is 23.3 Å². The lowest BCUT2D eigenvalue weighted by atomic mass is 10.0. The van der Waals surface area contributed by atoms with E-state index in [1.165, 1.54) is 11.0 Å². The Hall–Kier alpha value is -1.90. The molecule has 100 valence electrons. The van der Waals surface area contributed by atoms with Crippen molar-refractivity contribution in [2.75, 3.05) is 6.54 Å². The van der Waals surface area contributed by atoms with Crippen molar-refractivity contribution in [3.63, 3.8) is 0 Å². The molecule has 0 bridgehead atoms. The van der Waals surface area contributed by atoms with Crippen LogP contribution in [0.5, 0.6) is 0 Å². The van der Waals surface area contributed by atoms with Gasteiger partial charge in [-0.3, -0.25) is 14.5 Å². The van der Waals surface area contributed by atoms with Gasteiger partial charge in [0, 0.05) is 19.0 Å². The molecule has 1 aliphatic heterocycles. The topological polar surface area (TPSA) is 37.4 Å². The molecule has 1 heterocycles. The van der Waals surface area contributed by atoms with Crippen LogP contribution in [0.1, 0.15) is 36.0 Å². The van der Waals surface area contributed by atoms with E-state index < -0.39 is 0 Å². The predicted octanol–water partition coefficient (Wildman–Crippen LogP) is 2.86. The second kappa shape index (κ2) is 5.83. The summed E-state index contributed by atoms with van der Waals surface area (Å²) in [6, 6.07) is 6.03. The Bertz CT molecular complexity index is 511. The number of piperidine rings is 1. The molecule has 0 aromatic heterocycles.